The van der Waals surface area contributed by atoms with E-state index in [4.69, 9.17) is 4.74 Å². The van der Waals surface area contributed by atoms with Crippen LogP contribution >= 0.6 is 0 Å². The summed E-state index contributed by atoms with van der Waals surface area (Å²) in [4.78, 5) is 13.5. The Morgan fingerprint density at radius 2 is 1.44 bits per heavy atom. The van der Waals surface area contributed by atoms with E-state index in [1.54, 1.807) is 0 Å². The number of sulfonamides is 1. The summed E-state index contributed by atoms with van der Waals surface area (Å²) in [6.07, 6.45) is 7.05. The molecule has 39 heavy (non-hydrogen) atoms. The molecule has 3 aromatic carbocycles. The van der Waals surface area contributed by atoms with Gasteiger partial charge in [0, 0.05) is 6.54 Å². The van der Waals surface area contributed by atoms with Crippen molar-refractivity contribution in [2.24, 2.45) is 0 Å². The maximum atomic E-state index is 13.5. The molecule has 1 unspecified atom stereocenters. The first kappa shape index (κ1) is 29.0. The molecule has 0 spiro atoms. The predicted molar refractivity (Wildman–Crippen MR) is 157 cm³/mol. The molecule has 208 valence electrons. The molecular formula is C33H41NO4S. The van der Waals surface area contributed by atoms with Gasteiger partial charge in [-0.2, -0.15) is 4.31 Å². The second kappa shape index (κ2) is 14.4. The van der Waals surface area contributed by atoms with E-state index in [9.17, 15) is 13.2 Å². The number of ether oxygens (including phenoxy) is 1. The lowest BCUT2D eigenvalue weighted by Gasteiger charge is -2.34. The summed E-state index contributed by atoms with van der Waals surface area (Å²) in [7, 11) is -3.66. The number of carbonyl (C=O) groups excluding carboxylic acids is 1. The van der Waals surface area contributed by atoms with Crippen LogP contribution in [0.5, 0.6) is 0 Å². The van der Waals surface area contributed by atoms with Crippen LogP contribution in [0.3, 0.4) is 0 Å². The predicted octanol–water partition coefficient (Wildman–Crippen LogP) is 6.64. The number of benzene rings is 3. The van der Waals surface area contributed by atoms with Gasteiger partial charge in [-0.25, -0.2) is 8.42 Å². The van der Waals surface area contributed by atoms with E-state index in [0.717, 1.165) is 62.5 Å². The van der Waals surface area contributed by atoms with Gasteiger partial charge in [0.25, 0.3) is 0 Å². The summed E-state index contributed by atoms with van der Waals surface area (Å²) >= 11 is 0. The minimum Gasteiger partial charge on any atom is -0.461 e. The molecule has 0 aliphatic carbocycles. The van der Waals surface area contributed by atoms with Crippen LogP contribution < -0.4 is 0 Å². The minimum absolute atomic E-state index is 0.101. The molecule has 0 radical (unpaired) electrons. The number of carbonyl (C=O) groups is 1. The lowest BCUT2D eigenvalue weighted by atomic mass is 10.0. The molecule has 4 rings (SSSR count). The Labute approximate surface area is 234 Å². The monoisotopic (exact) mass is 547 g/mol. The van der Waals surface area contributed by atoms with Crippen LogP contribution in [0.25, 0.3) is 0 Å². The number of rotatable bonds is 13. The number of piperidine rings is 1. The van der Waals surface area contributed by atoms with Crippen LogP contribution in [0.15, 0.2) is 84.9 Å². The van der Waals surface area contributed by atoms with Gasteiger partial charge in [0.15, 0.2) is 0 Å². The molecule has 3 aromatic rings. The third kappa shape index (κ3) is 9.04. The number of hydrogen-bond acceptors (Lipinski definition) is 4. The highest BCUT2D eigenvalue weighted by molar-refractivity contribution is 7.88. The number of nitrogens with zero attached hydrogens (tertiary/aromatic N) is 1. The highest BCUT2D eigenvalue weighted by atomic mass is 32.2. The van der Waals surface area contributed by atoms with Crippen LogP contribution in [0.1, 0.15) is 67.2 Å². The molecule has 0 N–H and O–H groups in total. The standard InChI is InChI=1S/C33H41NO4S/c1-27-13-10-20-30(25-27)26-39(36,37)34-24-9-8-23-32(34)33(35)38-31(21-11-18-28-14-4-2-5-15-28)22-12-19-29-16-6-3-7-17-29/h2-7,10,13-17,20,25,31-32H,8-9,11-12,18-19,21-24,26H2,1H3. The molecular weight excluding hydrogens is 506 g/mol. The van der Waals surface area contributed by atoms with Gasteiger partial charge in [-0.05, 0) is 81.4 Å². The largest absolute Gasteiger partial charge is 0.461 e. The highest BCUT2D eigenvalue weighted by Crippen LogP contribution is 2.26. The van der Waals surface area contributed by atoms with E-state index >= 15 is 0 Å². The van der Waals surface area contributed by atoms with Crippen molar-refractivity contribution in [1.82, 2.24) is 4.31 Å². The van der Waals surface area contributed by atoms with E-state index in [1.807, 2.05) is 67.6 Å². The van der Waals surface area contributed by atoms with Gasteiger partial charge < -0.3 is 4.74 Å². The van der Waals surface area contributed by atoms with E-state index in [0.29, 0.717) is 13.0 Å². The van der Waals surface area contributed by atoms with Gasteiger partial charge in [-0.1, -0.05) is 90.5 Å². The van der Waals surface area contributed by atoms with Crippen LogP contribution in [0.4, 0.5) is 0 Å². The van der Waals surface area contributed by atoms with Crippen LogP contribution in [-0.4, -0.2) is 37.4 Å². The summed E-state index contributed by atoms with van der Waals surface area (Å²) in [5, 5.41) is 0. The number of esters is 1. The normalized spacial score (nSPS) is 16.3. The van der Waals surface area contributed by atoms with Crippen molar-refractivity contribution < 1.29 is 17.9 Å². The summed E-state index contributed by atoms with van der Waals surface area (Å²) in [5.74, 6) is -0.498. The Balaban J connectivity index is 1.41. The fourth-order valence-electron chi connectivity index (χ4n) is 5.43. The Kier molecular flexibility index (Phi) is 10.7. The minimum atomic E-state index is -3.66. The van der Waals surface area contributed by atoms with Gasteiger partial charge in [-0.3, -0.25) is 4.79 Å². The van der Waals surface area contributed by atoms with Crippen molar-refractivity contribution in [3.8, 4) is 0 Å². The quantitative estimate of drug-likeness (QED) is 0.225. The summed E-state index contributed by atoms with van der Waals surface area (Å²) in [5.41, 5.74) is 4.30. The van der Waals surface area contributed by atoms with Gasteiger partial charge in [-0.15, -0.1) is 0 Å². The maximum Gasteiger partial charge on any atom is 0.324 e. The lowest BCUT2D eigenvalue weighted by molar-refractivity contribution is -0.155. The van der Waals surface area contributed by atoms with Gasteiger partial charge in [0.2, 0.25) is 10.0 Å². The molecule has 0 saturated carbocycles. The van der Waals surface area contributed by atoms with Crippen molar-refractivity contribution in [2.75, 3.05) is 6.54 Å². The molecule has 0 bridgehead atoms. The smallest absolute Gasteiger partial charge is 0.324 e. The van der Waals surface area contributed by atoms with Crippen molar-refractivity contribution in [3.05, 3.63) is 107 Å². The topological polar surface area (TPSA) is 63.7 Å². The Bertz CT molecular complexity index is 1230. The fraction of sp³-hybridized carbons (Fsp3) is 0.424. The third-order valence-corrected chi connectivity index (χ3v) is 9.32. The number of aryl methyl sites for hydroxylation is 3. The molecule has 0 aromatic heterocycles. The molecule has 1 fully saturated rings. The third-order valence-electron chi connectivity index (χ3n) is 7.47. The SMILES string of the molecule is Cc1cccc(CS(=O)(=O)N2CCCCC2C(=O)OC(CCCc2ccccc2)CCCc2ccccc2)c1. The van der Waals surface area contributed by atoms with Crippen molar-refractivity contribution in [2.45, 2.75) is 82.6 Å². The van der Waals surface area contributed by atoms with Crippen molar-refractivity contribution >= 4 is 16.0 Å². The van der Waals surface area contributed by atoms with Crippen LogP contribution in [-0.2, 0) is 38.1 Å². The molecule has 1 atom stereocenters. The first-order valence-corrected chi connectivity index (χ1v) is 15.8. The van der Waals surface area contributed by atoms with Gasteiger partial charge >= 0.3 is 5.97 Å². The van der Waals surface area contributed by atoms with E-state index in [2.05, 4.69) is 24.3 Å². The average molecular weight is 548 g/mol. The Hall–Kier alpha value is -2.96. The average Bonchev–Trinajstić information content (AvgIpc) is 2.94. The molecule has 1 aliphatic heterocycles. The van der Waals surface area contributed by atoms with Crippen molar-refractivity contribution in [3.63, 3.8) is 0 Å². The van der Waals surface area contributed by atoms with E-state index in [1.165, 1.54) is 15.4 Å². The van der Waals surface area contributed by atoms with Gasteiger partial charge in [0.1, 0.15) is 12.1 Å². The highest BCUT2D eigenvalue weighted by Gasteiger charge is 2.38. The summed E-state index contributed by atoms with van der Waals surface area (Å²) in [6, 6.07) is 27.5. The van der Waals surface area contributed by atoms with Gasteiger partial charge in [0.05, 0.1) is 5.75 Å². The van der Waals surface area contributed by atoms with Crippen LogP contribution in [0, 0.1) is 6.92 Å². The van der Waals surface area contributed by atoms with Crippen LogP contribution in [0.2, 0.25) is 0 Å². The molecule has 6 heteroatoms. The molecule has 1 saturated heterocycles. The molecule has 5 nitrogen and oxygen atoms in total. The molecule has 0 amide bonds. The first-order valence-electron chi connectivity index (χ1n) is 14.2. The fourth-order valence-corrected chi connectivity index (χ4v) is 7.18. The number of hydrogen-bond donors (Lipinski definition) is 0. The second-order valence-electron chi connectivity index (χ2n) is 10.7. The Morgan fingerprint density at radius 1 is 0.846 bits per heavy atom. The zero-order valence-corrected chi connectivity index (χ0v) is 23.8. The second-order valence-corrected chi connectivity index (χ2v) is 12.6. The molecule has 1 heterocycles. The lowest BCUT2D eigenvalue weighted by Crippen LogP contribution is -2.49. The zero-order chi connectivity index (χ0) is 27.5. The van der Waals surface area contributed by atoms with Crippen molar-refractivity contribution in [1.29, 1.82) is 0 Å². The summed E-state index contributed by atoms with van der Waals surface area (Å²) < 4.78 is 34.4. The van der Waals surface area contributed by atoms with E-state index in [-0.39, 0.29) is 11.9 Å². The maximum absolute atomic E-state index is 13.5. The van der Waals surface area contributed by atoms with E-state index < -0.39 is 22.0 Å². The molecule has 1 aliphatic rings. The summed E-state index contributed by atoms with van der Waals surface area (Å²) in [6.45, 7) is 2.31. The Morgan fingerprint density at radius 3 is 2.03 bits per heavy atom. The zero-order valence-electron chi connectivity index (χ0n) is 23.0. The first-order chi connectivity index (χ1) is 18.9.